The number of benzene rings is 2. The second-order valence-corrected chi connectivity index (χ2v) is 4.50. The molecular formula is C17H16N2O5. The molecule has 0 bridgehead atoms. The molecule has 2 aromatic carbocycles. The summed E-state index contributed by atoms with van der Waals surface area (Å²) >= 11 is 0. The number of nitrogens with one attached hydrogen (secondary N) is 1. The standard InChI is InChI=1S/C10H9NO3.C7H7NO2/c1-2-9(12)11-8-5-3-7(4-6-8)10(13)14;8-6-3-1-5(2-4-6)7(9)10/h2-6H,1H2,(H,11,12)(H,13,14);1-4H,8H2,(H,9,10). The Labute approximate surface area is 138 Å². The lowest BCUT2D eigenvalue weighted by molar-refractivity contribution is -0.111. The quantitative estimate of drug-likeness (QED) is 0.504. The number of nitrogen functional groups attached to an aromatic ring is 1. The predicted octanol–water partition coefficient (Wildman–Crippen LogP) is 2.48. The number of carbonyl (C=O) groups is 3. The lowest BCUT2D eigenvalue weighted by Crippen LogP contribution is -2.07. The van der Waals surface area contributed by atoms with Crippen LogP contribution in [-0.4, -0.2) is 28.1 Å². The van der Waals surface area contributed by atoms with Crippen molar-refractivity contribution in [1.82, 2.24) is 0 Å². The molecule has 0 radical (unpaired) electrons. The normalized spacial score (nSPS) is 9.17. The number of rotatable bonds is 4. The third kappa shape index (κ3) is 6.02. The SMILES string of the molecule is C=CC(=O)Nc1ccc(C(=O)O)cc1.Nc1ccc(C(=O)O)cc1. The Morgan fingerprint density at radius 3 is 1.67 bits per heavy atom. The van der Waals surface area contributed by atoms with Gasteiger partial charge >= 0.3 is 11.9 Å². The van der Waals surface area contributed by atoms with Crippen LogP contribution < -0.4 is 11.1 Å². The summed E-state index contributed by atoms with van der Waals surface area (Å²) in [6.07, 6.45) is 1.14. The minimum atomic E-state index is -0.994. The van der Waals surface area contributed by atoms with E-state index in [0.29, 0.717) is 11.4 Å². The van der Waals surface area contributed by atoms with E-state index in [1.807, 2.05) is 0 Å². The van der Waals surface area contributed by atoms with E-state index in [1.165, 1.54) is 36.4 Å². The fourth-order valence-electron chi connectivity index (χ4n) is 1.52. The van der Waals surface area contributed by atoms with Crippen LogP contribution in [0.1, 0.15) is 20.7 Å². The van der Waals surface area contributed by atoms with Crippen molar-refractivity contribution in [2.24, 2.45) is 0 Å². The number of carboxylic acids is 2. The van der Waals surface area contributed by atoms with E-state index in [9.17, 15) is 14.4 Å². The van der Waals surface area contributed by atoms with Gasteiger partial charge in [-0.05, 0) is 54.6 Å². The van der Waals surface area contributed by atoms with E-state index >= 15 is 0 Å². The maximum Gasteiger partial charge on any atom is 0.335 e. The van der Waals surface area contributed by atoms with E-state index in [4.69, 9.17) is 15.9 Å². The van der Waals surface area contributed by atoms with Crippen molar-refractivity contribution < 1.29 is 24.6 Å². The van der Waals surface area contributed by atoms with E-state index in [0.717, 1.165) is 6.08 Å². The van der Waals surface area contributed by atoms with Crippen molar-refractivity contribution in [2.45, 2.75) is 0 Å². The molecule has 2 rings (SSSR count). The third-order valence-electron chi connectivity index (χ3n) is 2.74. The van der Waals surface area contributed by atoms with Crippen LogP contribution in [0.3, 0.4) is 0 Å². The maximum absolute atomic E-state index is 10.9. The first-order valence-electron chi connectivity index (χ1n) is 6.69. The largest absolute Gasteiger partial charge is 0.478 e. The number of carboxylic acid groups (broad SMARTS) is 2. The molecule has 7 heteroatoms. The van der Waals surface area contributed by atoms with E-state index in [1.54, 1.807) is 12.1 Å². The highest BCUT2D eigenvalue weighted by Crippen LogP contribution is 2.09. The maximum atomic E-state index is 10.9. The molecule has 0 saturated heterocycles. The summed E-state index contributed by atoms with van der Waals surface area (Å²) in [4.78, 5) is 31.6. The molecule has 5 N–H and O–H groups in total. The molecule has 0 fully saturated rings. The second kappa shape index (κ2) is 8.74. The summed E-state index contributed by atoms with van der Waals surface area (Å²) in [6.45, 7) is 3.30. The van der Waals surface area contributed by atoms with E-state index < -0.39 is 11.9 Å². The smallest absolute Gasteiger partial charge is 0.335 e. The zero-order valence-electron chi connectivity index (χ0n) is 12.6. The van der Waals surface area contributed by atoms with Crippen LogP contribution in [0, 0.1) is 0 Å². The molecular weight excluding hydrogens is 312 g/mol. The van der Waals surface area contributed by atoms with Crippen LogP contribution in [0.2, 0.25) is 0 Å². The molecule has 24 heavy (non-hydrogen) atoms. The Morgan fingerprint density at radius 1 is 0.875 bits per heavy atom. The average molecular weight is 328 g/mol. The Hall–Kier alpha value is -3.61. The highest BCUT2D eigenvalue weighted by molar-refractivity contribution is 5.99. The second-order valence-electron chi connectivity index (χ2n) is 4.50. The molecule has 0 aliphatic heterocycles. The van der Waals surface area contributed by atoms with Crippen molar-refractivity contribution >= 4 is 29.2 Å². The third-order valence-corrected chi connectivity index (χ3v) is 2.74. The molecule has 0 spiro atoms. The fourth-order valence-corrected chi connectivity index (χ4v) is 1.52. The van der Waals surface area contributed by atoms with Gasteiger partial charge in [0.05, 0.1) is 11.1 Å². The number of anilines is 2. The van der Waals surface area contributed by atoms with Crippen LogP contribution in [0.15, 0.2) is 61.2 Å². The van der Waals surface area contributed by atoms with Gasteiger partial charge in [-0.15, -0.1) is 0 Å². The molecule has 124 valence electrons. The first-order chi connectivity index (χ1) is 11.3. The molecule has 0 saturated carbocycles. The number of amides is 1. The molecule has 0 aliphatic carbocycles. The Morgan fingerprint density at radius 2 is 1.29 bits per heavy atom. The van der Waals surface area contributed by atoms with Gasteiger partial charge in [-0.1, -0.05) is 6.58 Å². The predicted molar refractivity (Wildman–Crippen MR) is 90.0 cm³/mol. The van der Waals surface area contributed by atoms with Gasteiger partial charge in [-0.3, -0.25) is 4.79 Å². The zero-order valence-corrected chi connectivity index (χ0v) is 12.6. The number of nitrogens with two attached hydrogens (primary N) is 1. The Balaban J connectivity index is 0.000000254. The first-order valence-corrected chi connectivity index (χ1v) is 6.69. The molecule has 0 heterocycles. The fraction of sp³-hybridized carbons (Fsp3) is 0. The minimum Gasteiger partial charge on any atom is -0.478 e. The van der Waals surface area contributed by atoms with Crippen molar-refractivity contribution in [3.05, 3.63) is 72.3 Å². The van der Waals surface area contributed by atoms with Crippen molar-refractivity contribution in [1.29, 1.82) is 0 Å². The van der Waals surface area contributed by atoms with Gasteiger partial charge in [0.2, 0.25) is 5.91 Å². The molecule has 0 aliphatic rings. The molecule has 0 unspecified atom stereocenters. The van der Waals surface area contributed by atoms with E-state index in [2.05, 4.69) is 11.9 Å². The van der Waals surface area contributed by atoms with Crippen LogP contribution in [0.5, 0.6) is 0 Å². The first kappa shape index (κ1) is 18.4. The lowest BCUT2D eigenvalue weighted by atomic mass is 10.2. The van der Waals surface area contributed by atoms with Gasteiger partial charge < -0.3 is 21.3 Å². The number of aromatic carboxylic acids is 2. The van der Waals surface area contributed by atoms with Gasteiger partial charge in [0.25, 0.3) is 0 Å². The van der Waals surface area contributed by atoms with Gasteiger partial charge in [-0.2, -0.15) is 0 Å². The summed E-state index contributed by atoms with van der Waals surface area (Å²) in [5, 5.41) is 19.5. The van der Waals surface area contributed by atoms with Crippen molar-refractivity contribution in [3.8, 4) is 0 Å². The molecule has 0 atom stereocenters. The van der Waals surface area contributed by atoms with E-state index in [-0.39, 0.29) is 17.0 Å². The van der Waals surface area contributed by atoms with Gasteiger partial charge in [0.15, 0.2) is 0 Å². The van der Waals surface area contributed by atoms with Crippen LogP contribution in [-0.2, 0) is 4.79 Å². The molecule has 1 amide bonds. The lowest BCUT2D eigenvalue weighted by Gasteiger charge is -2.01. The summed E-state index contributed by atoms with van der Waals surface area (Å²) in [6, 6.07) is 11.9. The van der Waals surface area contributed by atoms with Gasteiger partial charge in [0.1, 0.15) is 0 Å². The van der Waals surface area contributed by atoms with Gasteiger partial charge in [-0.25, -0.2) is 9.59 Å². The summed E-state index contributed by atoms with van der Waals surface area (Å²) in [5.41, 5.74) is 6.89. The zero-order chi connectivity index (χ0) is 18.1. The molecule has 7 nitrogen and oxygen atoms in total. The highest BCUT2D eigenvalue weighted by atomic mass is 16.4. The van der Waals surface area contributed by atoms with Crippen LogP contribution in [0.25, 0.3) is 0 Å². The highest BCUT2D eigenvalue weighted by Gasteiger charge is 2.02. The number of hydrogen-bond donors (Lipinski definition) is 4. The average Bonchev–Trinajstić information content (AvgIpc) is 2.56. The number of hydrogen-bond acceptors (Lipinski definition) is 4. The van der Waals surface area contributed by atoms with Crippen LogP contribution >= 0.6 is 0 Å². The molecule has 0 aromatic heterocycles. The molecule has 2 aromatic rings. The summed E-state index contributed by atoms with van der Waals surface area (Å²) < 4.78 is 0. The summed E-state index contributed by atoms with van der Waals surface area (Å²) in [7, 11) is 0. The van der Waals surface area contributed by atoms with Gasteiger partial charge in [0, 0.05) is 11.4 Å². The van der Waals surface area contributed by atoms with Crippen molar-refractivity contribution in [2.75, 3.05) is 11.1 Å². The van der Waals surface area contributed by atoms with Crippen LogP contribution in [0.4, 0.5) is 11.4 Å². The topological polar surface area (TPSA) is 130 Å². The number of carbonyl (C=O) groups excluding carboxylic acids is 1. The Bertz CT molecular complexity index is 737. The Kier molecular flexibility index (Phi) is 6.72. The minimum absolute atomic E-state index is 0.182. The summed E-state index contributed by atoms with van der Waals surface area (Å²) in [5.74, 6) is -2.25. The van der Waals surface area contributed by atoms with Crippen molar-refractivity contribution in [3.63, 3.8) is 0 Å². The monoisotopic (exact) mass is 328 g/mol.